The van der Waals surface area contributed by atoms with E-state index in [4.69, 9.17) is 0 Å². The molecule has 37 heavy (non-hydrogen) atoms. The molecule has 2 aliphatic carbocycles. The second-order valence-corrected chi connectivity index (χ2v) is 10.5. The Morgan fingerprint density at radius 3 is 2.68 bits per heavy atom. The Morgan fingerprint density at radius 2 is 1.89 bits per heavy atom. The van der Waals surface area contributed by atoms with Gasteiger partial charge in [0, 0.05) is 66.7 Å². The molecule has 1 fully saturated rings. The molecule has 1 atom stereocenters. The fourth-order valence-electron chi connectivity index (χ4n) is 5.52. The number of hydrogen-bond acceptors (Lipinski definition) is 6. The van der Waals surface area contributed by atoms with Gasteiger partial charge >= 0.3 is 0 Å². The highest BCUT2D eigenvalue weighted by atomic mass is 16.1. The molecule has 1 N–H and O–H groups in total. The Labute approximate surface area is 217 Å². The Morgan fingerprint density at radius 1 is 1.05 bits per heavy atom. The first-order valence-electron chi connectivity index (χ1n) is 13.0. The molecule has 7 heteroatoms. The topological polar surface area (TPSA) is 74.2 Å². The van der Waals surface area contributed by atoms with Crippen molar-refractivity contribution in [2.24, 2.45) is 0 Å². The molecule has 3 heterocycles. The lowest BCUT2D eigenvalue weighted by Crippen LogP contribution is -2.54. The van der Waals surface area contributed by atoms with Gasteiger partial charge in [0.2, 0.25) is 0 Å². The molecule has 0 bridgehead atoms. The summed E-state index contributed by atoms with van der Waals surface area (Å²) in [5, 5.41) is 4.13. The molecule has 2 aromatic heterocycles. The first-order chi connectivity index (χ1) is 17.9. The number of carbonyl (C=O) groups excluding carboxylic acids is 1. The van der Waals surface area contributed by atoms with Gasteiger partial charge in [-0.2, -0.15) is 0 Å². The number of rotatable bonds is 4. The minimum Gasteiger partial charge on any atom is -0.322 e. The predicted octanol–water partition coefficient (Wildman–Crippen LogP) is 3.90. The van der Waals surface area contributed by atoms with Crippen molar-refractivity contribution in [1.82, 2.24) is 30.1 Å². The molecule has 3 aliphatic rings. The van der Waals surface area contributed by atoms with E-state index in [1.807, 2.05) is 25.1 Å². The van der Waals surface area contributed by atoms with E-state index in [-0.39, 0.29) is 11.4 Å². The summed E-state index contributed by atoms with van der Waals surface area (Å²) < 4.78 is 0. The Hall–Kier alpha value is -3.68. The quantitative estimate of drug-likeness (QED) is 0.596. The summed E-state index contributed by atoms with van der Waals surface area (Å²) in [4.78, 5) is 31.5. The van der Waals surface area contributed by atoms with Crippen LogP contribution in [0.25, 0.3) is 16.5 Å². The average Bonchev–Trinajstić information content (AvgIpc) is 3.34. The molecule has 1 unspecified atom stereocenters. The van der Waals surface area contributed by atoms with Crippen molar-refractivity contribution in [3.63, 3.8) is 0 Å². The number of aromatic nitrogens is 3. The van der Waals surface area contributed by atoms with Gasteiger partial charge in [-0.3, -0.25) is 14.7 Å². The number of nitrogens with one attached hydrogen (secondary N) is 1. The highest BCUT2D eigenvalue weighted by Crippen LogP contribution is 2.34. The van der Waals surface area contributed by atoms with Gasteiger partial charge in [-0.15, -0.1) is 0 Å². The van der Waals surface area contributed by atoms with Gasteiger partial charge in [0.15, 0.2) is 0 Å². The number of likely N-dealkylation sites (N-methyl/N-ethyl adjacent to an activating group) is 1. The van der Waals surface area contributed by atoms with E-state index in [1.165, 1.54) is 0 Å². The van der Waals surface area contributed by atoms with Crippen molar-refractivity contribution in [3.8, 4) is 0 Å². The molecule has 0 radical (unpaired) electrons. The van der Waals surface area contributed by atoms with Crippen LogP contribution in [0.4, 0.5) is 0 Å². The molecule has 1 saturated heterocycles. The van der Waals surface area contributed by atoms with Crippen molar-refractivity contribution in [3.05, 3.63) is 94.9 Å². The first kappa shape index (κ1) is 23.7. The standard InChI is InChI=1S/C30H32N6O/c1-20-25-16-21(4-6-27(25)33-19-32-20)24-5-7-28-26(24)17-22(18-31-28)29(37)34-23-8-10-30(2,11-9-23)36-14-12-35(3)13-15-36/h4-6,8-10,16-19H,7,11-15H2,1-3H3,(H,34,37). The summed E-state index contributed by atoms with van der Waals surface area (Å²) in [6.07, 6.45) is 13.5. The monoisotopic (exact) mass is 492 g/mol. The number of nitrogens with zero attached hydrogens (tertiary/aromatic N) is 5. The van der Waals surface area contributed by atoms with Crippen LogP contribution in [-0.2, 0) is 6.42 Å². The van der Waals surface area contributed by atoms with Crippen LogP contribution in [0.5, 0.6) is 0 Å². The molecule has 7 nitrogen and oxygen atoms in total. The van der Waals surface area contributed by atoms with E-state index in [1.54, 1.807) is 12.5 Å². The number of carbonyl (C=O) groups is 1. The number of benzene rings is 1. The highest BCUT2D eigenvalue weighted by molar-refractivity contribution is 5.98. The number of hydrogen-bond donors (Lipinski definition) is 1. The van der Waals surface area contributed by atoms with Crippen molar-refractivity contribution in [2.75, 3.05) is 33.2 Å². The maximum Gasteiger partial charge on any atom is 0.257 e. The zero-order valence-electron chi connectivity index (χ0n) is 21.7. The summed E-state index contributed by atoms with van der Waals surface area (Å²) in [7, 11) is 2.17. The van der Waals surface area contributed by atoms with Crippen LogP contribution in [0.15, 0.2) is 66.8 Å². The lowest BCUT2D eigenvalue weighted by molar-refractivity contribution is 0.0797. The summed E-state index contributed by atoms with van der Waals surface area (Å²) >= 11 is 0. The third-order valence-corrected chi connectivity index (χ3v) is 8.01. The fraction of sp³-hybridized carbons (Fsp3) is 0.333. The highest BCUT2D eigenvalue weighted by Gasteiger charge is 2.32. The van der Waals surface area contributed by atoms with Crippen LogP contribution in [-0.4, -0.2) is 69.4 Å². The Kier molecular flexibility index (Phi) is 5.97. The van der Waals surface area contributed by atoms with Crippen LogP contribution in [0.1, 0.15) is 46.2 Å². The van der Waals surface area contributed by atoms with Crippen molar-refractivity contribution >= 4 is 22.4 Å². The number of amides is 1. The lowest BCUT2D eigenvalue weighted by Gasteiger charge is -2.44. The zero-order valence-corrected chi connectivity index (χ0v) is 21.7. The number of fused-ring (bicyclic) bond motifs is 2. The van der Waals surface area contributed by atoms with Gasteiger partial charge in [-0.1, -0.05) is 24.3 Å². The van der Waals surface area contributed by atoms with Crippen LogP contribution in [0, 0.1) is 6.92 Å². The van der Waals surface area contributed by atoms with Crippen LogP contribution >= 0.6 is 0 Å². The zero-order chi connectivity index (χ0) is 25.6. The van der Waals surface area contributed by atoms with Gasteiger partial charge in [0.25, 0.3) is 5.91 Å². The van der Waals surface area contributed by atoms with Crippen molar-refractivity contribution < 1.29 is 4.79 Å². The van der Waals surface area contributed by atoms with E-state index in [0.717, 1.165) is 83.7 Å². The average molecular weight is 493 g/mol. The number of allylic oxidation sites excluding steroid dienone is 2. The fourth-order valence-corrected chi connectivity index (χ4v) is 5.52. The van der Waals surface area contributed by atoms with Crippen LogP contribution < -0.4 is 5.32 Å². The third kappa shape index (κ3) is 4.49. The second kappa shape index (κ2) is 9.32. The minimum absolute atomic E-state index is 0.00639. The van der Waals surface area contributed by atoms with E-state index < -0.39 is 0 Å². The molecule has 0 saturated carbocycles. The molecular formula is C30H32N6O. The van der Waals surface area contributed by atoms with Crippen LogP contribution in [0.2, 0.25) is 0 Å². The lowest BCUT2D eigenvalue weighted by atomic mass is 9.89. The summed E-state index contributed by atoms with van der Waals surface area (Å²) in [6, 6.07) is 8.21. The molecule has 1 aliphatic heterocycles. The smallest absolute Gasteiger partial charge is 0.257 e. The van der Waals surface area contributed by atoms with Crippen LogP contribution in [0.3, 0.4) is 0 Å². The first-order valence-corrected chi connectivity index (χ1v) is 13.0. The molecule has 188 valence electrons. The molecule has 1 amide bonds. The molecule has 1 aromatic carbocycles. The van der Waals surface area contributed by atoms with Gasteiger partial charge in [-0.05, 0) is 62.7 Å². The number of pyridine rings is 1. The van der Waals surface area contributed by atoms with Gasteiger partial charge in [0.1, 0.15) is 6.33 Å². The van der Waals surface area contributed by atoms with E-state index in [9.17, 15) is 4.79 Å². The Balaban J connectivity index is 1.18. The molecular weight excluding hydrogens is 460 g/mol. The second-order valence-electron chi connectivity index (χ2n) is 10.5. The van der Waals surface area contributed by atoms with Gasteiger partial charge in [-0.25, -0.2) is 9.97 Å². The van der Waals surface area contributed by atoms with E-state index in [0.29, 0.717) is 5.56 Å². The van der Waals surface area contributed by atoms with E-state index in [2.05, 4.69) is 74.4 Å². The maximum absolute atomic E-state index is 13.2. The molecule has 0 spiro atoms. The van der Waals surface area contributed by atoms with Gasteiger partial charge < -0.3 is 10.2 Å². The maximum atomic E-state index is 13.2. The third-order valence-electron chi connectivity index (χ3n) is 8.01. The summed E-state index contributed by atoms with van der Waals surface area (Å²) in [5.74, 6) is -0.136. The van der Waals surface area contributed by atoms with E-state index >= 15 is 0 Å². The number of aryl methyl sites for hydroxylation is 1. The normalized spacial score (nSPS) is 22.0. The SMILES string of the molecule is Cc1ncnc2ccc(C3=CCc4ncc(C(=O)NC5=CCC(C)(N6CCN(C)CC6)C=C5)cc43)cc12. The largest absolute Gasteiger partial charge is 0.322 e. The Bertz CT molecular complexity index is 1480. The molecule has 3 aromatic rings. The predicted molar refractivity (Wildman–Crippen MR) is 146 cm³/mol. The van der Waals surface area contributed by atoms with Crippen molar-refractivity contribution in [2.45, 2.75) is 32.2 Å². The summed E-state index contributed by atoms with van der Waals surface area (Å²) in [6.45, 7) is 8.58. The minimum atomic E-state index is -0.136. The number of piperazine rings is 1. The summed E-state index contributed by atoms with van der Waals surface area (Å²) in [5.41, 5.74) is 7.48. The van der Waals surface area contributed by atoms with Crippen molar-refractivity contribution in [1.29, 1.82) is 0 Å². The molecule has 6 rings (SSSR count). The van der Waals surface area contributed by atoms with Gasteiger partial charge in [0.05, 0.1) is 16.8 Å².